The normalized spacial score (nSPS) is 16.1. The molecular weight excluding hydrogens is 205 g/mol. The molecule has 0 atom stereocenters. The van der Waals surface area contributed by atoms with E-state index in [0.717, 1.165) is 18.9 Å². The van der Waals surface area contributed by atoms with Gasteiger partial charge in [-0.1, -0.05) is 0 Å². The van der Waals surface area contributed by atoms with Crippen molar-refractivity contribution in [2.24, 2.45) is 0 Å². The maximum Gasteiger partial charge on any atom is 0.419 e. The molecule has 0 bridgehead atoms. The highest BCUT2D eigenvalue weighted by Crippen LogP contribution is 2.40. The van der Waals surface area contributed by atoms with Crippen LogP contribution in [0.3, 0.4) is 0 Å². The van der Waals surface area contributed by atoms with Crippen molar-refractivity contribution in [1.82, 2.24) is 4.98 Å². The first-order valence-electron chi connectivity index (χ1n) is 4.50. The second kappa shape index (κ2) is 3.23. The number of aromatic nitrogens is 1. The molecule has 2 rings (SSSR count). The predicted molar refractivity (Wildman–Crippen MR) is 45.9 cm³/mol. The third-order valence-electron chi connectivity index (χ3n) is 2.32. The van der Waals surface area contributed by atoms with Gasteiger partial charge in [0.05, 0.1) is 5.56 Å². The summed E-state index contributed by atoms with van der Waals surface area (Å²) in [4.78, 5) is 3.74. The number of halogens is 3. The standard InChI is InChI=1S/C10H7F3N2/c11-10(12,13)7-3-4-8(6-1-2-6)15-9(7)5-14/h3-4,6H,1-2H2. The molecule has 0 aliphatic heterocycles. The van der Waals surface area contributed by atoms with E-state index in [4.69, 9.17) is 5.26 Å². The molecule has 1 aromatic rings. The highest BCUT2D eigenvalue weighted by Gasteiger charge is 2.35. The Bertz CT molecular complexity index is 427. The van der Waals surface area contributed by atoms with Gasteiger partial charge in [-0.25, -0.2) is 4.98 Å². The summed E-state index contributed by atoms with van der Waals surface area (Å²) >= 11 is 0. The van der Waals surface area contributed by atoms with Crippen LogP contribution in [0.15, 0.2) is 12.1 Å². The smallest absolute Gasteiger partial charge is 0.241 e. The number of alkyl halides is 3. The first-order chi connectivity index (χ1) is 7.02. The lowest BCUT2D eigenvalue weighted by Crippen LogP contribution is -2.10. The minimum absolute atomic E-state index is 0.249. The highest BCUT2D eigenvalue weighted by atomic mass is 19.4. The van der Waals surface area contributed by atoms with Gasteiger partial charge in [-0.15, -0.1) is 0 Å². The molecule has 0 N–H and O–H groups in total. The largest absolute Gasteiger partial charge is 0.419 e. The van der Waals surface area contributed by atoms with E-state index in [1.54, 1.807) is 0 Å². The van der Waals surface area contributed by atoms with Gasteiger partial charge in [-0.3, -0.25) is 0 Å². The zero-order chi connectivity index (χ0) is 11.1. The van der Waals surface area contributed by atoms with Crippen LogP contribution >= 0.6 is 0 Å². The highest BCUT2D eigenvalue weighted by molar-refractivity contribution is 5.36. The molecule has 0 unspecified atom stereocenters. The Balaban J connectivity index is 2.45. The van der Waals surface area contributed by atoms with Crippen LogP contribution in [0.5, 0.6) is 0 Å². The van der Waals surface area contributed by atoms with Crippen molar-refractivity contribution in [2.75, 3.05) is 0 Å². The zero-order valence-corrected chi connectivity index (χ0v) is 7.67. The second-order valence-electron chi connectivity index (χ2n) is 3.52. The number of pyridine rings is 1. The fourth-order valence-corrected chi connectivity index (χ4v) is 1.39. The van der Waals surface area contributed by atoms with E-state index in [1.807, 2.05) is 0 Å². The first kappa shape index (κ1) is 9.97. The maximum atomic E-state index is 12.4. The van der Waals surface area contributed by atoms with Crippen molar-refractivity contribution in [3.8, 4) is 6.07 Å². The average Bonchev–Trinajstić information content (AvgIpc) is 2.98. The number of nitriles is 1. The van der Waals surface area contributed by atoms with Gasteiger partial charge in [0.25, 0.3) is 0 Å². The summed E-state index contributed by atoms with van der Waals surface area (Å²) in [7, 11) is 0. The van der Waals surface area contributed by atoms with E-state index in [-0.39, 0.29) is 5.92 Å². The fourth-order valence-electron chi connectivity index (χ4n) is 1.39. The van der Waals surface area contributed by atoms with Crippen LogP contribution < -0.4 is 0 Å². The van der Waals surface area contributed by atoms with Crippen LogP contribution in [0.1, 0.15) is 35.7 Å². The molecule has 5 heteroatoms. The second-order valence-corrected chi connectivity index (χ2v) is 3.52. The summed E-state index contributed by atoms with van der Waals surface area (Å²) in [6.07, 6.45) is -2.60. The van der Waals surface area contributed by atoms with Gasteiger partial charge < -0.3 is 0 Å². The molecule has 0 saturated heterocycles. The van der Waals surface area contributed by atoms with E-state index >= 15 is 0 Å². The van der Waals surface area contributed by atoms with Crippen LogP contribution in [0.2, 0.25) is 0 Å². The van der Waals surface area contributed by atoms with E-state index in [1.165, 1.54) is 12.1 Å². The molecule has 1 aliphatic rings. The number of rotatable bonds is 1. The van der Waals surface area contributed by atoms with Gasteiger partial charge in [0, 0.05) is 11.6 Å². The van der Waals surface area contributed by atoms with Gasteiger partial charge in [-0.2, -0.15) is 18.4 Å². The van der Waals surface area contributed by atoms with Crippen molar-refractivity contribution in [1.29, 1.82) is 5.26 Å². The molecule has 0 aromatic carbocycles. The molecule has 1 fully saturated rings. The molecule has 1 aromatic heterocycles. The Morgan fingerprint density at radius 1 is 1.33 bits per heavy atom. The summed E-state index contributed by atoms with van der Waals surface area (Å²) < 4.78 is 37.2. The van der Waals surface area contributed by atoms with Crippen LogP contribution in [-0.4, -0.2) is 4.98 Å². The summed E-state index contributed by atoms with van der Waals surface area (Å²) in [5.41, 5.74) is -0.874. The quantitative estimate of drug-likeness (QED) is 0.717. The zero-order valence-electron chi connectivity index (χ0n) is 7.67. The summed E-state index contributed by atoms with van der Waals surface area (Å²) in [5, 5.41) is 8.60. The van der Waals surface area contributed by atoms with Crippen molar-refractivity contribution >= 4 is 0 Å². The van der Waals surface area contributed by atoms with Crippen molar-refractivity contribution in [3.05, 3.63) is 29.1 Å². The predicted octanol–water partition coefficient (Wildman–Crippen LogP) is 2.85. The lowest BCUT2D eigenvalue weighted by atomic mass is 10.1. The third-order valence-corrected chi connectivity index (χ3v) is 2.32. The SMILES string of the molecule is N#Cc1nc(C2CC2)ccc1C(F)(F)F. The minimum Gasteiger partial charge on any atom is -0.241 e. The van der Waals surface area contributed by atoms with Crippen molar-refractivity contribution in [3.63, 3.8) is 0 Å². The minimum atomic E-state index is -4.50. The third kappa shape index (κ3) is 1.94. The molecule has 0 spiro atoms. The Labute approximate surface area is 84.4 Å². The van der Waals surface area contributed by atoms with Crippen LogP contribution in [-0.2, 0) is 6.18 Å². The Morgan fingerprint density at radius 3 is 2.47 bits per heavy atom. The van der Waals surface area contributed by atoms with Crippen molar-refractivity contribution in [2.45, 2.75) is 24.9 Å². The van der Waals surface area contributed by atoms with E-state index < -0.39 is 17.4 Å². The molecule has 2 nitrogen and oxygen atoms in total. The number of nitrogens with zero attached hydrogens (tertiary/aromatic N) is 2. The molecule has 1 saturated carbocycles. The molecule has 78 valence electrons. The molecule has 15 heavy (non-hydrogen) atoms. The Morgan fingerprint density at radius 2 is 2.00 bits per heavy atom. The average molecular weight is 212 g/mol. The van der Waals surface area contributed by atoms with Crippen molar-refractivity contribution < 1.29 is 13.2 Å². The Hall–Kier alpha value is -1.57. The van der Waals surface area contributed by atoms with Gasteiger partial charge in [0.1, 0.15) is 6.07 Å². The lowest BCUT2D eigenvalue weighted by Gasteiger charge is -2.08. The van der Waals surface area contributed by atoms with Gasteiger partial charge in [0.15, 0.2) is 5.69 Å². The monoisotopic (exact) mass is 212 g/mol. The molecule has 0 amide bonds. The molecule has 1 heterocycles. The van der Waals surface area contributed by atoms with E-state index in [9.17, 15) is 13.2 Å². The van der Waals surface area contributed by atoms with Gasteiger partial charge in [0.2, 0.25) is 0 Å². The van der Waals surface area contributed by atoms with Crippen LogP contribution in [0.25, 0.3) is 0 Å². The molecule has 1 aliphatic carbocycles. The topological polar surface area (TPSA) is 36.7 Å². The Kier molecular flexibility index (Phi) is 2.14. The maximum absolute atomic E-state index is 12.4. The van der Waals surface area contributed by atoms with Gasteiger partial charge in [-0.05, 0) is 25.0 Å². The lowest BCUT2D eigenvalue weighted by molar-refractivity contribution is -0.138. The first-order valence-corrected chi connectivity index (χ1v) is 4.50. The molecular formula is C10H7F3N2. The van der Waals surface area contributed by atoms with E-state index in [2.05, 4.69) is 4.98 Å². The summed E-state index contributed by atoms with van der Waals surface area (Å²) in [6.45, 7) is 0. The fraction of sp³-hybridized carbons (Fsp3) is 0.400. The van der Waals surface area contributed by atoms with Crippen LogP contribution in [0, 0.1) is 11.3 Å². The molecule has 0 radical (unpaired) electrons. The summed E-state index contributed by atoms with van der Waals surface area (Å²) in [6, 6.07) is 3.80. The number of hydrogen-bond donors (Lipinski definition) is 0. The summed E-state index contributed by atoms with van der Waals surface area (Å²) in [5.74, 6) is 0.249. The van der Waals surface area contributed by atoms with Gasteiger partial charge >= 0.3 is 6.18 Å². The number of hydrogen-bond acceptors (Lipinski definition) is 2. The van der Waals surface area contributed by atoms with Crippen LogP contribution in [0.4, 0.5) is 13.2 Å². The van der Waals surface area contributed by atoms with E-state index in [0.29, 0.717) is 5.69 Å².